The van der Waals surface area contributed by atoms with Gasteiger partial charge in [-0.1, -0.05) is 36.4 Å². The molecule has 1 heterocycles. The van der Waals surface area contributed by atoms with Gasteiger partial charge in [0.2, 0.25) is 0 Å². The highest BCUT2D eigenvalue weighted by atomic mass is 127. The van der Waals surface area contributed by atoms with E-state index in [1.807, 2.05) is 0 Å². The van der Waals surface area contributed by atoms with Gasteiger partial charge in [0.15, 0.2) is 0 Å². The summed E-state index contributed by atoms with van der Waals surface area (Å²) in [4.78, 5) is 2.53. The van der Waals surface area contributed by atoms with E-state index in [0.717, 1.165) is 23.4 Å². The molecule has 0 N–H and O–H groups in total. The van der Waals surface area contributed by atoms with E-state index >= 15 is 0 Å². The molecule has 1 saturated heterocycles. The zero-order valence-electron chi connectivity index (χ0n) is 8.79. The van der Waals surface area contributed by atoms with Crippen LogP contribution < -0.4 is 0 Å². The number of nitrogens with zero attached hydrogens (tertiary/aromatic N) is 1. The second kappa shape index (κ2) is 5.51. The van der Waals surface area contributed by atoms with E-state index in [4.69, 9.17) is 4.74 Å². The lowest BCUT2D eigenvalue weighted by atomic mass is 10.1. The van der Waals surface area contributed by atoms with E-state index in [-0.39, 0.29) is 0 Å². The van der Waals surface area contributed by atoms with E-state index in [9.17, 15) is 0 Å². The van der Waals surface area contributed by atoms with Crippen molar-refractivity contribution < 1.29 is 4.74 Å². The lowest BCUT2D eigenvalue weighted by Crippen LogP contribution is -2.48. The highest BCUT2D eigenvalue weighted by Gasteiger charge is 2.24. The second-order valence-electron chi connectivity index (χ2n) is 4.34. The third-order valence-corrected chi connectivity index (χ3v) is 3.18. The summed E-state index contributed by atoms with van der Waals surface area (Å²) in [5.74, 6) is 0.764. The van der Waals surface area contributed by atoms with Crippen LogP contribution in [0.15, 0.2) is 0 Å². The summed E-state index contributed by atoms with van der Waals surface area (Å²) < 4.78 is 6.91. The molecule has 78 valence electrons. The highest BCUT2D eigenvalue weighted by Crippen LogP contribution is 2.14. The SMILES string of the molecule is CC(C)CN1CC(C)OC(CI)C1. The molecule has 2 unspecified atom stereocenters. The first-order valence-electron chi connectivity index (χ1n) is 5.05. The van der Waals surface area contributed by atoms with E-state index < -0.39 is 0 Å². The van der Waals surface area contributed by atoms with Gasteiger partial charge in [-0.05, 0) is 12.8 Å². The molecule has 0 aromatic rings. The smallest absolute Gasteiger partial charge is 0.0795 e. The van der Waals surface area contributed by atoms with Crippen LogP contribution in [-0.2, 0) is 4.74 Å². The molecule has 0 aromatic heterocycles. The summed E-state index contributed by atoms with van der Waals surface area (Å²) in [6.07, 6.45) is 0.857. The summed E-state index contributed by atoms with van der Waals surface area (Å²) in [6.45, 7) is 10.2. The lowest BCUT2D eigenvalue weighted by molar-refractivity contribution is -0.0670. The average molecular weight is 297 g/mol. The van der Waals surface area contributed by atoms with Crippen LogP contribution in [0.4, 0.5) is 0 Å². The van der Waals surface area contributed by atoms with Gasteiger partial charge in [0.25, 0.3) is 0 Å². The van der Waals surface area contributed by atoms with Gasteiger partial charge in [-0.15, -0.1) is 0 Å². The molecular weight excluding hydrogens is 277 g/mol. The van der Waals surface area contributed by atoms with Crippen molar-refractivity contribution in [2.24, 2.45) is 5.92 Å². The van der Waals surface area contributed by atoms with Crippen LogP contribution in [0.1, 0.15) is 20.8 Å². The number of rotatable bonds is 3. The molecule has 1 fully saturated rings. The first-order chi connectivity index (χ1) is 6.11. The van der Waals surface area contributed by atoms with E-state index in [0.29, 0.717) is 12.2 Å². The molecule has 0 saturated carbocycles. The molecule has 0 radical (unpaired) electrons. The molecule has 13 heavy (non-hydrogen) atoms. The number of alkyl halides is 1. The molecule has 0 aromatic carbocycles. The van der Waals surface area contributed by atoms with Crippen molar-refractivity contribution in [1.29, 1.82) is 0 Å². The number of halogens is 1. The fourth-order valence-corrected chi connectivity index (χ4v) is 2.38. The maximum Gasteiger partial charge on any atom is 0.0795 e. The maximum absolute atomic E-state index is 5.80. The molecule has 1 rings (SSSR count). The zero-order valence-corrected chi connectivity index (χ0v) is 11.0. The van der Waals surface area contributed by atoms with Crippen molar-refractivity contribution in [2.75, 3.05) is 24.1 Å². The van der Waals surface area contributed by atoms with Crippen LogP contribution >= 0.6 is 22.6 Å². The van der Waals surface area contributed by atoms with Gasteiger partial charge < -0.3 is 4.74 Å². The summed E-state index contributed by atoms with van der Waals surface area (Å²) in [6, 6.07) is 0. The van der Waals surface area contributed by atoms with Crippen LogP contribution in [0.3, 0.4) is 0 Å². The van der Waals surface area contributed by atoms with Gasteiger partial charge in [-0.2, -0.15) is 0 Å². The molecular formula is C10H20INO. The monoisotopic (exact) mass is 297 g/mol. The van der Waals surface area contributed by atoms with Crippen molar-refractivity contribution in [1.82, 2.24) is 4.90 Å². The minimum absolute atomic E-state index is 0.410. The Balaban J connectivity index is 2.37. The molecule has 3 heteroatoms. The molecule has 1 aliphatic rings. The van der Waals surface area contributed by atoms with Gasteiger partial charge in [-0.25, -0.2) is 0 Å². The van der Waals surface area contributed by atoms with E-state index in [2.05, 4.69) is 48.3 Å². The third kappa shape index (κ3) is 4.13. The van der Waals surface area contributed by atoms with Gasteiger partial charge >= 0.3 is 0 Å². The Morgan fingerprint density at radius 1 is 1.46 bits per heavy atom. The maximum atomic E-state index is 5.80. The van der Waals surface area contributed by atoms with Gasteiger partial charge in [0, 0.05) is 24.1 Å². The second-order valence-corrected chi connectivity index (χ2v) is 5.22. The summed E-state index contributed by atoms with van der Waals surface area (Å²) in [5, 5.41) is 0. The Bertz CT molecular complexity index is 150. The Hall–Kier alpha value is 0.650. The van der Waals surface area contributed by atoms with E-state index in [1.54, 1.807) is 0 Å². The van der Waals surface area contributed by atoms with Crippen molar-refractivity contribution in [3.8, 4) is 0 Å². The molecule has 0 spiro atoms. The van der Waals surface area contributed by atoms with Crippen LogP contribution in [0.5, 0.6) is 0 Å². The highest BCUT2D eigenvalue weighted by molar-refractivity contribution is 14.1. The van der Waals surface area contributed by atoms with Crippen LogP contribution in [0, 0.1) is 5.92 Å². The Labute approximate surface area is 95.2 Å². The van der Waals surface area contributed by atoms with Crippen molar-refractivity contribution in [3.05, 3.63) is 0 Å². The fraction of sp³-hybridized carbons (Fsp3) is 1.00. The molecule has 2 nitrogen and oxygen atoms in total. The predicted octanol–water partition coefficient (Wildman–Crippen LogP) is 2.17. The Morgan fingerprint density at radius 2 is 2.15 bits per heavy atom. The van der Waals surface area contributed by atoms with Crippen LogP contribution in [0.2, 0.25) is 0 Å². The average Bonchev–Trinajstić information content (AvgIpc) is 2.01. The molecule has 0 amide bonds. The number of hydrogen-bond acceptors (Lipinski definition) is 2. The van der Waals surface area contributed by atoms with Crippen molar-refractivity contribution >= 4 is 22.6 Å². The number of hydrogen-bond donors (Lipinski definition) is 0. The molecule has 1 aliphatic heterocycles. The Morgan fingerprint density at radius 3 is 2.69 bits per heavy atom. The first-order valence-corrected chi connectivity index (χ1v) is 6.58. The van der Waals surface area contributed by atoms with Gasteiger partial charge in [0.1, 0.15) is 0 Å². The Kier molecular flexibility index (Phi) is 4.97. The van der Waals surface area contributed by atoms with Crippen molar-refractivity contribution in [3.63, 3.8) is 0 Å². The third-order valence-electron chi connectivity index (χ3n) is 2.20. The van der Waals surface area contributed by atoms with Crippen molar-refractivity contribution in [2.45, 2.75) is 33.0 Å². The topological polar surface area (TPSA) is 12.5 Å². The first kappa shape index (κ1) is 11.7. The summed E-state index contributed by atoms with van der Waals surface area (Å²) in [5.41, 5.74) is 0. The zero-order chi connectivity index (χ0) is 9.84. The van der Waals surface area contributed by atoms with Crippen LogP contribution in [0.25, 0.3) is 0 Å². The van der Waals surface area contributed by atoms with E-state index in [1.165, 1.54) is 6.54 Å². The minimum atomic E-state index is 0.410. The van der Waals surface area contributed by atoms with Crippen LogP contribution in [-0.4, -0.2) is 41.2 Å². The molecule has 2 atom stereocenters. The van der Waals surface area contributed by atoms with Gasteiger partial charge in [0.05, 0.1) is 12.2 Å². The minimum Gasteiger partial charge on any atom is -0.372 e. The summed E-state index contributed by atoms with van der Waals surface area (Å²) >= 11 is 2.41. The standard InChI is InChI=1S/C10H20INO/c1-8(2)5-12-6-9(3)13-10(4-11)7-12/h8-10H,4-7H2,1-3H3. The fourth-order valence-electron chi connectivity index (χ4n) is 1.89. The number of ether oxygens (including phenoxy) is 1. The predicted molar refractivity (Wildman–Crippen MR) is 64.5 cm³/mol. The lowest BCUT2D eigenvalue weighted by Gasteiger charge is -2.36. The largest absolute Gasteiger partial charge is 0.372 e. The summed E-state index contributed by atoms with van der Waals surface area (Å²) in [7, 11) is 0. The normalized spacial score (nSPS) is 31.2. The quantitative estimate of drug-likeness (QED) is 0.585. The molecule has 0 aliphatic carbocycles. The number of morpholine rings is 1. The molecule has 0 bridgehead atoms. The van der Waals surface area contributed by atoms with Gasteiger partial charge in [-0.3, -0.25) is 4.90 Å².